The van der Waals surface area contributed by atoms with Crippen LogP contribution in [0.5, 0.6) is 0 Å². The molecule has 4 nitrogen and oxygen atoms in total. The zero-order chi connectivity index (χ0) is 14.8. The first-order valence-corrected chi connectivity index (χ1v) is 7.87. The Morgan fingerprint density at radius 3 is 2.35 bits per heavy atom. The van der Waals surface area contributed by atoms with Crippen molar-refractivity contribution in [3.63, 3.8) is 0 Å². The summed E-state index contributed by atoms with van der Waals surface area (Å²) < 4.78 is 0. The summed E-state index contributed by atoms with van der Waals surface area (Å²) in [7, 11) is 0. The summed E-state index contributed by atoms with van der Waals surface area (Å²) in [5, 5.41) is 7.02. The molecule has 0 spiro atoms. The van der Waals surface area contributed by atoms with Crippen molar-refractivity contribution >= 4 is 11.6 Å². The second-order valence-corrected chi connectivity index (χ2v) is 6.47. The first-order chi connectivity index (χ1) is 9.46. The Morgan fingerprint density at radius 1 is 1.15 bits per heavy atom. The SMILES string of the molecule is CCCNc1nc(C2CC2)nc(NC(C)(C)CC)c1C. The lowest BCUT2D eigenvalue weighted by atomic mass is 10.0. The molecule has 0 aromatic carbocycles. The van der Waals surface area contributed by atoms with Crippen LogP contribution in [-0.2, 0) is 0 Å². The van der Waals surface area contributed by atoms with Crippen LogP contribution in [0.2, 0.25) is 0 Å². The Balaban J connectivity index is 2.30. The van der Waals surface area contributed by atoms with Crippen molar-refractivity contribution in [3.05, 3.63) is 11.4 Å². The molecule has 2 N–H and O–H groups in total. The lowest BCUT2D eigenvalue weighted by Crippen LogP contribution is -2.31. The average molecular weight is 276 g/mol. The van der Waals surface area contributed by atoms with E-state index < -0.39 is 0 Å². The maximum atomic E-state index is 4.77. The third kappa shape index (κ3) is 3.62. The number of anilines is 2. The molecule has 0 bridgehead atoms. The highest BCUT2D eigenvalue weighted by Gasteiger charge is 2.29. The van der Waals surface area contributed by atoms with Crippen LogP contribution in [0, 0.1) is 6.92 Å². The highest BCUT2D eigenvalue weighted by atomic mass is 15.1. The van der Waals surface area contributed by atoms with E-state index >= 15 is 0 Å². The Hall–Kier alpha value is -1.32. The molecule has 1 aromatic heterocycles. The van der Waals surface area contributed by atoms with Gasteiger partial charge in [0.2, 0.25) is 0 Å². The molecule has 4 heteroatoms. The van der Waals surface area contributed by atoms with Crippen LogP contribution in [0.25, 0.3) is 0 Å². The van der Waals surface area contributed by atoms with Crippen LogP contribution >= 0.6 is 0 Å². The van der Waals surface area contributed by atoms with Gasteiger partial charge in [-0.15, -0.1) is 0 Å². The number of nitrogens with zero attached hydrogens (tertiary/aromatic N) is 2. The predicted octanol–water partition coefficient (Wildman–Crippen LogP) is 4.08. The Kier molecular flexibility index (Phi) is 4.51. The van der Waals surface area contributed by atoms with E-state index in [9.17, 15) is 0 Å². The molecule has 1 aromatic rings. The van der Waals surface area contributed by atoms with E-state index in [1.807, 2.05) is 0 Å². The second kappa shape index (κ2) is 5.98. The van der Waals surface area contributed by atoms with E-state index in [1.54, 1.807) is 0 Å². The van der Waals surface area contributed by atoms with Gasteiger partial charge in [0, 0.05) is 23.6 Å². The number of nitrogens with one attached hydrogen (secondary N) is 2. The van der Waals surface area contributed by atoms with Crippen LogP contribution < -0.4 is 10.6 Å². The van der Waals surface area contributed by atoms with Gasteiger partial charge in [-0.2, -0.15) is 0 Å². The summed E-state index contributed by atoms with van der Waals surface area (Å²) in [5.74, 6) is 3.57. The summed E-state index contributed by atoms with van der Waals surface area (Å²) in [4.78, 5) is 9.50. The van der Waals surface area contributed by atoms with Crippen LogP contribution in [-0.4, -0.2) is 22.1 Å². The zero-order valence-corrected chi connectivity index (χ0v) is 13.5. The van der Waals surface area contributed by atoms with Crippen molar-refractivity contribution in [2.75, 3.05) is 17.2 Å². The Morgan fingerprint density at radius 2 is 1.80 bits per heavy atom. The zero-order valence-electron chi connectivity index (χ0n) is 13.5. The maximum Gasteiger partial charge on any atom is 0.136 e. The first-order valence-electron chi connectivity index (χ1n) is 7.87. The molecule has 1 aliphatic carbocycles. The van der Waals surface area contributed by atoms with Crippen molar-refractivity contribution < 1.29 is 0 Å². The van der Waals surface area contributed by atoms with Gasteiger partial charge in [-0.1, -0.05) is 13.8 Å². The van der Waals surface area contributed by atoms with Gasteiger partial charge >= 0.3 is 0 Å². The Labute approximate surface area is 122 Å². The molecule has 2 rings (SSSR count). The van der Waals surface area contributed by atoms with Crippen LogP contribution in [0.3, 0.4) is 0 Å². The molecule has 20 heavy (non-hydrogen) atoms. The summed E-state index contributed by atoms with van der Waals surface area (Å²) in [6, 6.07) is 0. The third-order valence-corrected chi connectivity index (χ3v) is 3.99. The fourth-order valence-electron chi connectivity index (χ4n) is 2.00. The summed E-state index contributed by atoms with van der Waals surface area (Å²) >= 11 is 0. The van der Waals surface area contributed by atoms with Crippen molar-refractivity contribution in [1.82, 2.24) is 9.97 Å². The molecule has 0 saturated heterocycles. The van der Waals surface area contributed by atoms with Gasteiger partial charge in [-0.25, -0.2) is 9.97 Å². The second-order valence-electron chi connectivity index (χ2n) is 6.47. The highest BCUT2D eigenvalue weighted by Crippen LogP contribution is 2.39. The standard InChI is InChI=1S/C16H28N4/c1-6-10-17-13-11(3)14(20-16(4,5)7-2)19-15(18-13)12-8-9-12/h12H,6-10H2,1-5H3,(H2,17,18,19,20). The monoisotopic (exact) mass is 276 g/mol. The van der Waals surface area contributed by atoms with E-state index in [0.29, 0.717) is 5.92 Å². The van der Waals surface area contributed by atoms with Gasteiger partial charge in [0.15, 0.2) is 0 Å². The van der Waals surface area contributed by atoms with E-state index in [1.165, 1.54) is 12.8 Å². The van der Waals surface area contributed by atoms with Crippen molar-refractivity contribution in [2.24, 2.45) is 0 Å². The topological polar surface area (TPSA) is 49.8 Å². The van der Waals surface area contributed by atoms with Crippen molar-refractivity contribution in [2.45, 2.75) is 71.8 Å². The minimum atomic E-state index is 0.0575. The van der Waals surface area contributed by atoms with Gasteiger partial charge in [-0.3, -0.25) is 0 Å². The van der Waals surface area contributed by atoms with E-state index in [4.69, 9.17) is 9.97 Å². The molecule has 0 unspecified atom stereocenters. The van der Waals surface area contributed by atoms with E-state index in [2.05, 4.69) is 45.3 Å². The quantitative estimate of drug-likeness (QED) is 0.787. The number of hydrogen-bond donors (Lipinski definition) is 2. The number of aromatic nitrogens is 2. The van der Waals surface area contributed by atoms with Gasteiger partial charge in [0.25, 0.3) is 0 Å². The van der Waals surface area contributed by atoms with Crippen molar-refractivity contribution in [3.8, 4) is 0 Å². The van der Waals surface area contributed by atoms with Gasteiger partial charge in [-0.05, 0) is 46.5 Å². The van der Waals surface area contributed by atoms with Crippen molar-refractivity contribution in [1.29, 1.82) is 0 Å². The van der Waals surface area contributed by atoms with Crippen LogP contribution in [0.1, 0.15) is 70.7 Å². The normalized spacial score (nSPS) is 15.2. The molecule has 0 radical (unpaired) electrons. The summed E-state index contributed by atoms with van der Waals surface area (Å²) in [6.07, 6.45) is 4.62. The molecule has 0 aliphatic heterocycles. The van der Waals surface area contributed by atoms with Crippen LogP contribution in [0.15, 0.2) is 0 Å². The minimum absolute atomic E-state index is 0.0575. The largest absolute Gasteiger partial charge is 0.370 e. The third-order valence-electron chi connectivity index (χ3n) is 3.99. The van der Waals surface area contributed by atoms with Gasteiger partial charge < -0.3 is 10.6 Å². The maximum absolute atomic E-state index is 4.77. The molecule has 1 saturated carbocycles. The lowest BCUT2D eigenvalue weighted by Gasteiger charge is -2.27. The summed E-state index contributed by atoms with van der Waals surface area (Å²) in [6.45, 7) is 11.8. The fraction of sp³-hybridized carbons (Fsp3) is 0.750. The molecule has 112 valence electrons. The molecular weight excluding hydrogens is 248 g/mol. The molecule has 1 aliphatic rings. The number of hydrogen-bond acceptors (Lipinski definition) is 4. The minimum Gasteiger partial charge on any atom is -0.370 e. The Bertz CT molecular complexity index is 464. The molecule has 0 amide bonds. The molecule has 1 fully saturated rings. The smallest absolute Gasteiger partial charge is 0.136 e. The van der Waals surface area contributed by atoms with Gasteiger partial charge in [0.1, 0.15) is 17.5 Å². The van der Waals surface area contributed by atoms with Gasteiger partial charge in [0.05, 0.1) is 0 Å². The molecule has 0 atom stereocenters. The first kappa shape index (κ1) is 15.1. The summed E-state index contributed by atoms with van der Waals surface area (Å²) in [5.41, 5.74) is 1.19. The van der Waals surface area contributed by atoms with Crippen LogP contribution in [0.4, 0.5) is 11.6 Å². The molecular formula is C16H28N4. The highest BCUT2D eigenvalue weighted by molar-refractivity contribution is 5.58. The van der Waals surface area contributed by atoms with E-state index in [-0.39, 0.29) is 5.54 Å². The predicted molar refractivity (Wildman–Crippen MR) is 85.5 cm³/mol. The fourth-order valence-corrected chi connectivity index (χ4v) is 2.00. The molecule has 1 heterocycles. The average Bonchev–Trinajstić information content (AvgIpc) is 3.24. The number of rotatable bonds is 7. The lowest BCUT2D eigenvalue weighted by molar-refractivity contribution is 0.543. The van der Waals surface area contributed by atoms with E-state index in [0.717, 1.165) is 42.4 Å².